The van der Waals surface area contributed by atoms with Crippen LogP contribution in [0.15, 0.2) is 35.2 Å². The van der Waals surface area contributed by atoms with Gasteiger partial charge in [0.05, 0.1) is 10.6 Å². The molecular weight excluding hydrogens is 276 g/mol. The van der Waals surface area contributed by atoms with Crippen LogP contribution in [0.2, 0.25) is 18.1 Å². The van der Waals surface area contributed by atoms with Gasteiger partial charge in [-0.25, -0.2) is 8.42 Å². The molecule has 3 nitrogen and oxygen atoms in total. The molecule has 0 aliphatic rings. The van der Waals surface area contributed by atoms with Crippen LogP contribution in [0, 0.1) is 0 Å². The van der Waals surface area contributed by atoms with Crippen LogP contribution in [0.3, 0.4) is 0 Å². The van der Waals surface area contributed by atoms with Gasteiger partial charge >= 0.3 is 0 Å². The van der Waals surface area contributed by atoms with Crippen molar-refractivity contribution in [1.82, 2.24) is 0 Å². The quantitative estimate of drug-likeness (QED) is 0.782. The Labute approximate surface area is 118 Å². The lowest BCUT2D eigenvalue weighted by Crippen LogP contribution is -2.41. The van der Waals surface area contributed by atoms with Crippen LogP contribution in [0.4, 0.5) is 0 Å². The third-order valence-corrected chi connectivity index (χ3v) is 9.96. The van der Waals surface area contributed by atoms with Gasteiger partial charge < -0.3 is 4.43 Å². The van der Waals surface area contributed by atoms with Crippen LogP contribution < -0.4 is 0 Å². The molecule has 0 N–H and O–H groups in total. The topological polar surface area (TPSA) is 43.4 Å². The molecule has 1 rings (SSSR count). The van der Waals surface area contributed by atoms with Gasteiger partial charge in [-0.05, 0) is 30.3 Å². The van der Waals surface area contributed by atoms with E-state index in [0.29, 0.717) is 4.90 Å². The molecule has 0 fully saturated rings. The number of sulfone groups is 1. The van der Waals surface area contributed by atoms with Crippen LogP contribution in [-0.4, -0.2) is 29.1 Å². The molecule has 108 valence electrons. The second-order valence-corrected chi connectivity index (χ2v) is 13.2. The van der Waals surface area contributed by atoms with Gasteiger partial charge in [-0.2, -0.15) is 0 Å². The lowest BCUT2D eigenvalue weighted by atomic mass is 10.2. The minimum absolute atomic E-state index is 0.0452. The summed E-state index contributed by atoms with van der Waals surface area (Å²) in [4.78, 5) is 0.369. The van der Waals surface area contributed by atoms with Crippen molar-refractivity contribution in [2.75, 3.05) is 12.4 Å². The van der Waals surface area contributed by atoms with E-state index >= 15 is 0 Å². The van der Waals surface area contributed by atoms with Gasteiger partial charge in [0.1, 0.15) is 0 Å². The first-order chi connectivity index (χ1) is 8.56. The molecule has 1 aromatic rings. The number of hydrogen-bond acceptors (Lipinski definition) is 3. The molecule has 0 heterocycles. The zero-order chi connectivity index (χ0) is 14.7. The SMILES string of the molecule is CC(C)(C)[Si](C)(C)OCCS(=O)(=O)c1ccccc1. The largest absolute Gasteiger partial charge is 0.416 e. The van der Waals surface area contributed by atoms with Gasteiger partial charge in [-0.3, -0.25) is 0 Å². The summed E-state index contributed by atoms with van der Waals surface area (Å²) < 4.78 is 30.1. The average Bonchev–Trinajstić information content (AvgIpc) is 2.28. The van der Waals surface area contributed by atoms with Crippen molar-refractivity contribution in [2.24, 2.45) is 0 Å². The fourth-order valence-corrected chi connectivity index (χ4v) is 3.67. The first-order valence-electron chi connectivity index (χ1n) is 6.48. The number of benzene rings is 1. The van der Waals surface area contributed by atoms with E-state index in [2.05, 4.69) is 33.9 Å². The van der Waals surface area contributed by atoms with Gasteiger partial charge in [-0.15, -0.1) is 0 Å². The smallest absolute Gasteiger partial charge is 0.192 e. The maximum absolute atomic E-state index is 12.1. The van der Waals surface area contributed by atoms with E-state index in [-0.39, 0.29) is 17.4 Å². The Hall–Kier alpha value is -0.653. The molecule has 0 saturated carbocycles. The molecule has 0 aliphatic carbocycles. The summed E-state index contributed by atoms with van der Waals surface area (Å²) in [7, 11) is -5.10. The van der Waals surface area contributed by atoms with Gasteiger partial charge in [0, 0.05) is 6.61 Å². The van der Waals surface area contributed by atoms with Crippen molar-refractivity contribution in [2.45, 2.75) is 43.8 Å². The predicted octanol–water partition coefficient (Wildman–Crippen LogP) is 3.48. The van der Waals surface area contributed by atoms with Crippen LogP contribution in [0.5, 0.6) is 0 Å². The highest BCUT2D eigenvalue weighted by atomic mass is 32.2. The minimum Gasteiger partial charge on any atom is -0.416 e. The van der Waals surface area contributed by atoms with Crippen molar-refractivity contribution in [3.8, 4) is 0 Å². The number of hydrogen-bond donors (Lipinski definition) is 0. The van der Waals surface area contributed by atoms with E-state index in [0.717, 1.165) is 0 Å². The minimum atomic E-state index is -3.23. The molecule has 19 heavy (non-hydrogen) atoms. The van der Waals surface area contributed by atoms with E-state index in [1.165, 1.54) is 0 Å². The first kappa shape index (κ1) is 16.4. The molecule has 0 amide bonds. The first-order valence-corrected chi connectivity index (χ1v) is 11.0. The van der Waals surface area contributed by atoms with Crippen LogP contribution in [0.25, 0.3) is 0 Å². The summed E-state index contributed by atoms with van der Waals surface area (Å²) >= 11 is 0. The Morgan fingerprint density at radius 3 is 2.11 bits per heavy atom. The van der Waals surface area contributed by atoms with Crippen molar-refractivity contribution >= 4 is 18.2 Å². The summed E-state index contributed by atoms with van der Waals surface area (Å²) in [6.07, 6.45) is 0. The summed E-state index contributed by atoms with van der Waals surface area (Å²) in [5.74, 6) is 0.0452. The van der Waals surface area contributed by atoms with E-state index < -0.39 is 18.2 Å². The molecule has 5 heteroatoms. The standard InChI is InChI=1S/C14H24O3SSi/c1-14(2,3)19(4,5)17-11-12-18(15,16)13-9-7-6-8-10-13/h6-10H,11-12H2,1-5H3. The Bertz CT molecular complexity index is 501. The zero-order valence-electron chi connectivity index (χ0n) is 12.4. The van der Waals surface area contributed by atoms with E-state index in [1.807, 2.05) is 6.07 Å². The maximum Gasteiger partial charge on any atom is 0.192 e. The fourth-order valence-electron chi connectivity index (χ4n) is 1.37. The molecule has 1 aromatic carbocycles. The normalized spacial score (nSPS) is 13.5. The number of rotatable bonds is 5. The molecular formula is C14H24O3SSi. The second-order valence-electron chi connectivity index (χ2n) is 6.24. The Morgan fingerprint density at radius 2 is 1.63 bits per heavy atom. The molecule has 0 atom stereocenters. The average molecular weight is 300 g/mol. The molecule has 0 spiro atoms. The third-order valence-electron chi connectivity index (χ3n) is 3.72. The molecule has 0 radical (unpaired) electrons. The van der Waals surface area contributed by atoms with Gasteiger partial charge in [-0.1, -0.05) is 39.0 Å². The van der Waals surface area contributed by atoms with Crippen LogP contribution in [0.1, 0.15) is 20.8 Å². The Balaban J connectivity index is 2.64. The molecule has 0 saturated heterocycles. The van der Waals surface area contributed by atoms with Crippen molar-refractivity contribution in [3.05, 3.63) is 30.3 Å². The summed E-state index contributed by atoms with van der Waals surface area (Å²) in [6, 6.07) is 8.54. The Morgan fingerprint density at radius 1 is 1.11 bits per heavy atom. The van der Waals surface area contributed by atoms with E-state index in [4.69, 9.17) is 4.43 Å². The van der Waals surface area contributed by atoms with E-state index in [1.54, 1.807) is 24.3 Å². The van der Waals surface area contributed by atoms with E-state index in [9.17, 15) is 8.42 Å². The lowest BCUT2D eigenvalue weighted by Gasteiger charge is -2.36. The van der Waals surface area contributed by atoms with Gasteiger partial charge in [0.25, 0.3) is 0 Å². The fraction of sp³-hybridized carbons (Fsp3) is 0.571. The summed E-state index contributed by atoms with van der Waals surface area (Å²) in [5, 5.41) is 0.101. The summed E-state index contributed by atoms with van der Waals surface area (Å²) in [5.41, 5.74) is 0. The maximum atomic E-state index is 12.1. The zero-order valence-corrected chi connectivity index (χ0v) is 14.3. The highest BCUT2D eigenvalue weighted by Gasteiger charge is 2.37. The van der Waals surface area contributed by atoms with Crippen LogP contribution in [-0.2, 0) is 14.3 Å². The Kier molecular flexibility index (Phi) is 4.98. The molecule has 0 aromatic heterocycles. The third kappa shape index (κ3) is 4.44. The van der Waals surface area contributed by atoms with Crippen LogP contribution >= 0.6 is 0 Å². The highest BCUT2D eigenvalue weighted by Crippen LogP contribution is 2.36. The van der Waals surface area contributed by atoms with Crippen molar-refractivity contribution in [1.29, 1.82) is 0 Å². The molecule has 0 bridgehead atoms. The van der Waals surface area contributed by atoms with Crippen molar-refractivity contribution in [3.63, 3.8) is 0 Å². The monoisotopic (exact) mass is 300 g/mol. The molecule has 0 aliphatic heterocycles. The van der Waals surface area contributed by atoms with Crippen molar-refractivity contribution < 1.29 is 12.8 Å². The molecule has 0 unspecified atom stereocenters. The predicted molar refractivity (Wildman–Crippen MR) is 81.6 cm³/mol. The van der Waals surface area contributed by atoms with Gasteiger partial charge in [0.15, 0.2) is 18.2 Å². The lowest BCUT2D eigenvalue weighted by molar-refractivity contribution is 0.309. The second kappa shape index (κ2) is 5.77. The highest BCUT2D eigenvalue weighted by molar-refractivity contribution is 7.91. The van der Waals surface area contributed by atoms with Gasteiger partial charge in [0.2, 0.25) is 0 Å². The summed E-state index contributed by atoms with van der Waals surface area (Å²) in [6.45, 7) is 11.0.